The van der Waals surface area contributed by atoms with Crippen molar-refractivity contribution in [1.29, 1.82) is 0 Å². The maximum atomic E-state index is 12.3. The van der Waals surface area contributed by atoms with Gasteiger partial charge in [-0.25, -0.2) is 4.79 Å². The van der Waals surface area contributed by atoms with Crippen LogP contribution in [0.25, 0.3) is 0 Å². The van der Waals surface area contributed by atoms with Crippen LogP contribution < -0.4 is 14.8 Å². The monoisotopic (exact) mass is 357 g/mol. The molecule has 0 aromatic heterocycles. The maximum absolute atomic E-state index is 12.3. The van der Waals surface area contributed by atoms with Crippen molar-refractivity contribution in [3.63, 3.8) is 0 Å². The van der Waals surface area contributed by atoms with Gasteiger partial charge in [0.2, 0.25) is 0 Å². The first-order valence-electron chi connectivity index (χ1n) is 7.84. The molecule has 0 heterocycles. The largest absolute Gasteiger partial charge is 0.496 e. The summed E-state index contributed by atoms with van der Waals surface area (Å²) < 4.78 is 10.1. The molecule has 2 N–H and O–H groups in total. The van der Waals surface area contributed by atoms with Gasteiger partial charge in [-0.3, -0.25) is 9.59 Å². The van der Waals surface area contributed by atoms with Gasteiger partial charge in [0.05, 0.1) is 7.11 Å². The molecule has 2 aromatic carbocycles. The zero-order valence-corrected chi connectivity index (χ0v) is 14.4. The van der Waals surface area contributed by atoms with Gasteiger partial charge < -0.3 is 19.9 Å². The van der Waals surface area contributed by atoms with Crippen molar-refractivity contribution in [2.24, 2.45) is 0 Å². The van der Waals surface area contributed by atoms with Crippen molar-refractivity contribution in [2.75, 3.05) is 7.11 Å². The lowest BCUT2D eigenvalue weighted by molar-refractivity contribution is -0.139. The van der Waals surface area contributed by atoms with E-state index in [4.69, 9.17) is 9.47 Å². The van der Waals surface area contributed by atoms with Crippen LogP contribution in [0, 0.1) is 0 Å². The Morgan fingerprint density at radius 3 is 2.31 bits per heavy atom. The summed E-state index contributed by atoms with van der Waals surface area (Å²) in [6, 6.07) is 11.7. The van der Waals surface area contributed by atoms with E-state index in [-0.39, 0.29) is 12.0 Å². The predicted octanol–water partition coefficient (Wildman–Crippen LogP) is 2.05. The molecule has 0 aliphatic carbocycles. The Balaban J connectivity index is 2.10. The summed E-state index contributed by atoms with van der Waals surface area (Å²) in [5, 5.41) is 11.9. The van der Waals surface area contributed by atoms with Crippen LogP contribution in [0.1, 0.15) is 22.8 Å². The third-order valence-corrected chi connectivity index (χ3v) is 3.60. The van der Waals surface area contributed by atoms with Crippen molar-refractivity contribution in [3.8, 4) is 11.5 Å². The third kappa shape index (κ3) is 5.07. The lowest BCUT2D eigenvalue weighted by Gasteiger charge is -2.16. The molecule has 0 unspecified atom stereocenters. The number of esters is 1. The number of carboxylic acid groups (broad SMARTS) is 1. The molecule has 26 heavy (non-hydrogen) atoms. The van der Waals surface area contributed by atoms with E-state index in [1.165, 1.54) is 38.3 Å². The number of para-hydroxylation sites is 1. The van der Waals surface area contributed by atoms with Crippen LogP contribution in [0.5, 0.6) is 11.5 Å². The van der Waals surface area contributed by atoms with Crippen LogP contribution >= 0.6 is 0 Å². The second kappa shape index (κ2) is 8.66. The van der Waals surface area contributed by atoms with Crippen molar-refractivity contribution >= 4 is 17.8 Å². The molecular weight excluding hydrogens is 338 g/mol. The molecule has 0 saturated carbocycles. The second-order valence-electron chi connectivity index (χ2n) is 5.50. The fourth-order valence-corrected chi connectivity index (χ4v) is 2.37. The number of aliphatic carboxylic acids is 1. The van der Waals surface area contributed by atoms with Gasteiger partial charge in [-0.05, 0) is 35.9 Å². The average molecular weight is 357 g/mol. The van der Waals surface area contributed by atoms with Gasteiger partial charge in [0, 0.05) is 18.9 Å². The second-order valence-corrected chi connectivity index (χ2v) is 5.50. The highest BCUT2D eigenvalue weighted by molar-refractivity contribution is 5.96. The van der Waals surface area contributed by atoms with E-state index in [2.05, 4.69) is 5.32 Å². The van der Waals surface area contributed by atoms with Crippen LogP contribution in [0.15, 0.2) is 48.5 Å². The Morgan fingerprint density at radius 1 is 1.08 bits per heavy atom. The van der Waals surface area contributed by atoms with Crippen LogP contribution in [0.3, 0.4) is 0 Å². The first kappa shape index (κ1) is 19.0. The number of rotatable bonds is 7. The molecular formula is C19H19NO6. The summed E-state index contributed by atoms with van der Waals surface area (Å²) in [4.78, 5) is 34.8. The van der Waals surface area contributed by atoms with Crippen LogP contribution in [-0.2, 0) is 16.0 Å². The Labute approximate surface area is 150 Å². The quantitative estimate of drug-likeness (QED) is 0.581. The van der Waals surface area contributed by atoms with Gasteiger partial charge in [-0.1, -0.05) is 18.2 Å². The maximum Gasteiger partial charge on any atom is 0.326 e. The Morgan fingerprint density at radius 2 is 1.73 bits per heavy atom. The third-order valence-electron chi connectivity index (χ3n) is 3.60. The highest BCUT2D eigenvalue weighted by Crippen LogP contribution is 2.19. The number of methoxy groups -OCH3 is 1. The minimum Gasteiger partial charge on any atom is -0.496 e. The molecule has 136 valence electrons. The summed E-state index contributed by atoms with van der Waals surface area (Å²) in [6.45, 7) is 1.27. The fraction of sp³-hybridized carbons (Fsp3) is 0.211. The van der Waals surface area contributed by atoms with Gasteiger partial charge in [-0.15, -0.1) is 0 Å². The highest BCUT2D eigenvalue weighted by Gasteiger charge is 2.22. The number of hydrogen-bond acceptors (Lipinski definition) is 5. The van der Waals surface area contributed by atoms with Crippen LogP contribution in [0.4, 0.5) is 0 Å². The van der Waals surface area contributed by atoms with E-state index in [1.807, 2.05) is 0 Å². The molecule has 7 heteroatoms. The highest BCUT2D eigenvalue weighted by atomic mass is 16.5. The Kier molecular flexibility index (Phi) is 6.32. The lowest BCUT2D eigenvalue weighted by atomic mass is 10.0. The first-order chi connectivity index (χ1) is 12.4. The van der Waals surface area contributed by atoms with E-state index in [9.17, 15) is 19.5 Å². The van der Waals surface area contributed by atoms with E-state index in [0.29, 0.717) is 17.1 Å². The van der Waals surface area contributed by atoms with Gasteiger partial charge in [0.1, 0.15) is 17.5 Å². The molecule has 0 spiro atoms. The molecule has 7 nitrogen and oxygen atoms in total. The normalized spacial score (nSPS) is 11.3. The number of carbonyl (C=O) groups excluding carboxylic acids is 2. The fourth-order valence-electron chi connectivity index (χ4n) is 2.37. The number of benzene rings is 2. The smallest absolute Gasteiger partial charge is 0.326 e. The van der Waals surface area contributed by atoms with Gasteiger partial charge in [0.15, 0.2) is 0 Å². The van der Waals surface area contributed by atoms with Crippen LogP contribution in [0.2, 0.25) is 0 Å². The number of ether oxygens (including phenoxy) is 2. The SMILES string of the molecule is COc1ccccc1C[C@H](NC(=O)c1ccc(OC(C)=O)cc1)C(=O)O. The standard InChI is InChI=1S/C19H19NO6/c1-12(21)26-15-9-7-13(8-10-15)18(22)20-16(19(23)24)11-14-5-3-4-6-17(14)25-2/h3-10,16H,11H2,1-2H3,(H,20,22)(H,23,24)/t16-/m0/s1. The minimum atomic E-state index is -1.15. The summed E-state index contributed by atoms with van der Waals surface area (Å²) in [7, 11) is 1.50. The van der Waals surface area contributed by atoms with Gasteiger partial charge in [-0.2, -0.15) is 0 Å². The molecule has 2 rings (SSSR count). The topological polar surface area (TPSA) is 102 Å². The number of nitrogens with one attached hydrogen (secondary N) is 1. The average Bonchev–Trinajstić information content (AvgIpc) is 2.61. The van der Waals surface area contributed by atoms with Crippen molar-refractivity contribution in [2.45, 2.75) is 19.4 Å². The van der Waals surface area contributed by atoms with Crippen molar-refractivity contribution in [3.05, 3.63) is 59.7 Å². The van der Waals surface area contributed by atoms with Crippen molar-refractivity contribution in [1.82, 2.24) is 5.32 Å². The Bertz CT molecular complexity index is 800. The van der Waals surface area contributed by atoms with E-state index in [0.717, 1.165) is 0 Å². The molecule has 1 amide bonds. The number of carboxylic acids is 1. The number of carbonyl (C=O) groups is 3. The Hall–Kier alpha value is -3.35. The number of hydrogen-bond donors (Lipinski definition) is 2. The summed E-state index contributed by atoms with van der Waals surface area (Å²) >= 11 is 0. The molecule has 1 atom stereocenters. The lowest BCUT2D eigenvalue weighted by Crippen LogP contribution is -2.42. The van der Waals surface area contributed by atoms with E-state index >= 15 is 0 Å². The zero-order chi connectivity index (χ0) is 19.1. The van der Waals surface area contributed by atoms with Gasteiger partial charge >= 0.3 is 11.9 Å². The molecule has 0 radical (unpaired) electrons. The molecule has 2 aromatic rings. The molecule has 0 fully saturated rings. The predicted molar refractivity (Wildman–Crippen MR) is 93.3 cm³/mol. The van der Waals surface area contributed by atoms with E-state index < -0.39 is 23.9 Å². The van der Waals surface area contributed by atoms with Crippen LogP contribution in [-0.4, -0.2) is 36.1 Å². The molecule has 0 bridgehead atoms. The minimum absolute atomic E-state index is 0.0800. The first-order valence-corrected chi connectivity index (χ1v) is 7.84. The van der Waals surface area contributed by atoms with Crippen molar-refractivity contribution < 1.29 is 29.0 Å². The summed E-state index contributed by atoms with van der Waals surface area (Å²) in [5.74, 6) is -1.30. The molecule has 0 aliphatic heterocycles. The zero-order valence-electron chi connectivity index (χ0n) is 14.4. The van der Waals surface area contributed by atoms with E-state index in [1.54, 1.807) is 24.3 Å². The number of amides is 1. The summed E-state index contributed by atoms with van der Waals surface area (Å²) in [6.07, 6.45) is 0.0800. The molecule has 0 saturated heterocycles. The molecule has 0 aliphatic rings. The van der Waals surface area contributed by atoms with Gasteiger partial charge in [0.25, 0.3) is 5.91 Å². The summed E-state index contributed by atoms with van der Waals surface area (Å²) in [5.41, 5.74) is 0.931.